The van der Waals surface area contributed by atoms with Crippen molar-refractivity contribution in [1.29, 1.82) is 0 Å². The molecule has 2 atom stereocenters. The van der Waals surface area contributed by atoms with Gasteiger partial charge in [-0.1, -0.05) is 13.8 Å². The summed E-state index contributed by atoms with van der Waals surface area (Å²) in [4.78, 5) is 23.1. The minimum absolute atomic E-state index is 0.0747. The summed E-state index contributed by atoms with van der Waals surface area (Å²) in [5.41, 5.74) is -1.24. The van der Waals surface area contributed by atoms with Crippen LogP contribution in [0.3, 0.4) is 0 Å². The molecule has 4 rings (SSSR count). The van der Waals surface area contributed by atoms with E-state index in [0.717, 1.165) is 32.1 Å². The molecular formula is C16H22Cl2O4. The predicted octanol–water partition coefficient (Wildman–Crippen LogP) is 3.74. The lowest BCUT2D eigenvalue weighted by molar-refractivity contribution is -0.198. The van der Waals surface area contributed by atoms with Crippen LogP contribution < -0.4 is 0 Å². The van der Waals surface area contributed by atoms with Crippen molar-refractivity contribution in [3.63, 3.8) is 0 Å². The summed E-state index contributed by atoms with van der Waals surface area (Å²) in [5.74, 6) is -2.01. The molecule has 4 aliphatic carbocycles. The molecule has 4 aliphatic rings. The Hall–Kier alpha value is -0.480. The zero-order chi connectivity index (χ0) is 16.6. The normalized spacial score (nSPS) is 48.9. The van der Waals surface area contributed by atoms with Gasteiger partial charge in [0.2, 0.25) is 0 Å². The Balaban J connectivity index is 2.10. The monoisotopic (exact) mass is 348 g/mol. The van der Waals surface area contributed by atoms with E-state index in [0.29, 0.717) is 6.42 Å². The number of alkyl halides is 2. The summed E-state index contributed by atoms with van der Waals surface area (Å²) in [7, 11) is 0. The highest BCUT2D eigenvalue weighted by Gasteiger charge is 2.70. The van der Waals surface area contributed by atoms with Crippen LogP contribution in [0.4, 0.5) is 0 Å². The van der Waals surface area contributed by atoms with E-state index < -0.39 is 33.5 Å². The second-order valence-electron chi connectivity index (χ2n) is 8.81. The first kappa shape index (κ1) is 16.4. The van der Waals surface area contributed by atoms with Crippen molar-refractivity contribution < 1.29 is 19.8 Å². The van der Waals surface area contributed by atoms with Crippen LogP contribution in [0.15, 0.2) is 0 Å². The Bertz CT molecular complexity index is 486. The van der Waals surface area contributed by atoms with Gasteiger partial charge in [-0.3, -0.25) is 9.59 Å². The largest absolute Gasteiger partial charge is 0.480 e. The molecule has 2 N–H and O–H groups in total. The quantitative estimate of drug-likeness (QED) is 0.759. The molecule has 4 saturated carbocycles. The minimum Gasteiger partial charge on any atom is -0.480 e. The summed E-state index contributed by atoms with van der Waals surface area (Å²) >= 11 is 12.6. The third kappa shape index (κ3) is 2.17. The molecule has 0 radical (unpaired) electrons. The molecular weight excluding hydrogens is 327 g/mol. The van der Waals surface area contributed by atoms with Crippen molar-refractivity contribution >= 4 is 35.1 Å². The number of hydrogen-bond donors (Lipinski definition) is 2. The van der Waals surface area contributed by atoms with Crippen molar-refractivity contribution in [3.05, 3.63) is 0 Å². The lowest BCUT2D eigenvalue weighted by Gasteiger charge is -2.70. The van der Waals surface area contributed by atoms with Crippen LogP contribution in [-0.2, 0) is 9.59 Å². The molecule has 124 valence electrons. The van der Waals surface area contributed by atoms with E-state index in [9.17, 15) is 19.8 Å². The van der Waals surface area contributed by atoms with Gasteiger partial charge in [0.15, 0.2) is 0 Å². The average molecular weight is 349 g/mol. The van der Waals surface area contributed by atoms with Crippen molar-refractivity contribution in [2.75, 3.05) is 0 Å². The van der Waals surface area contributed by atoms with Crippen LogP contribution in [-0.4, -0.2) is 32.9 Å². The molecule has 4 bridgehead atoms. The average Bonchev–Trinajstić information content (AvgIpc) is 2.32. The van der Waals surface area contributed by atoms with E-state index in [-0.39, 0.29) is 10.8 Å². The van der Waals surface area contributed by atoms with Gasteiger partial charge in [0.25, 0.3) is 0 Å². The number of carboxylic acid groups (broad SMARTS) is 2. The van der Waals surface area contributed by atoms with Gasteiger partial charge in [0, 0.05) is 0 Å². The highest BCUT2D eigenvalue weighted by atomic mass is 35.5. The molecule has 0 aromatic carbocycles. The van der Waals surface area contributed by atoms with Gasteiger partial charge in [0.1, 0.15) is 10.8 Å². The van der Waals surface area contributed by atoms with Crippen LogP contribution in [0, 0.1) is 21.7 Å². The van der Waals surface area contributed by atoms with Crippen LogP contribution in [0.5, 0.6) is 0 Å². The highest BCUT2D eigenvalue weighted by Crippen LogP contribution is 2.76. The molecule has 0 saturated heterocycles. The number of aliphatic carboxylic acids is 2. The predicted molar refractivity (Wildman–Crippen MR) is 83.3 cm³/mol. The molecule has 0 unspecified atom stereocenters. The molecule has 22 heavy (non-hydrogen) atoms. The maximum absolute atomic E-state index is 11.6. The number of rotatable bonds is 4. The van der Waals surface area contributed by atoms with E-state index in [1.54, 1.807) is 0 Å². The Morgan fingerprint density at radius 2 is 1.09 bits per heavy atom. The fourth-order valence-corrected chi connectivity index (χ4v) is 7.41. The Morgan fingerprint density at radius 3 is 1.36 bits per heavy atom. The summed E-state index contributed by atoms with van der Waals surface area (Å²) < 4.78 is 0. The first-order valence-corrected chi connectivity index (χ1v) is 8.56. The Morgan fingerprint density at radius 1 is 0.773 bits per heavy atom. The van der Waals surface area contributed by atoms with Gasteiger partial charge in [-0.2, -0.15) is 0 Å². The Labute approximate surface area is 140 Å². The van der Waals surface area contributed by atoms with E-state index in [2.05, 4.69) is 13.8 Å². The summed E-state index contributed by atoms with van der Waals surface area (Å²) in [5, 5.41) is 17.0. The van der Waals surface area contributed by atoms with E-state index in [4.69, 9.17) is 23.2 Å². The van der Waals surface area contributed by atoms with E-state index >= 15 is 0 Å². The molecule has 0 aromatic heterocycles. The number of carboxylic acids is 2. The standard InChI is InChI=1S/C16H22Cl2O4/c1-13-3-14(2)6-15(4-13,9(17)11(19)20)8-16(5-13,7-14)10(18)12(21)22/h9-10H,3-8H2,1-2H3,(H,19,20)(H,21,22)/t9-,10-,13?,14?,15?,16?/m0/s1. The molecule has 0 aromatic rings. The van der Waals surface area contributed by atoms with Crippen molar-refractivity contribution in [2.45, 2.75) is 63.1 Å². The lowest BCUT2D eigenvalue weighted by Crippen LogP contribution is -2.65. The molecule has 6 heteroatoms. The first-order valence-electron chi connectivity index (χ1n) is 7.69. The zero-order valence-corrected chi connectivity index (χ0v) is 14.4. The van der Waals surface area contributed by atoms with Gasteiger partial charge < -0.3 is 10.2 Å². The van der Waals surface area contributed by atoms with E-state index in [1.165, 1.54) is 0 Å². The van der Waals surface area contributed by atoms with Gasteiger partial charge in [-0.25, -0.2) is 0 Å². The SMILES string of the molecule is CC12CC3(C)CC([C@@H](Cl)C(=O)O)(C1)CC([C@@H](Cl)C(=O)O)(C2)C3. The summed E-state index contributed by atoms with van der Waals surface area (Å²) in [6, 6.07) is 0. The molecule has 0 spiro atoms. The summed E-state index contributed by atoms with van der Waals surface area (Å²) in [6.07, 6.45) is 4.51. The van der Waals surface area contributed by atoms with Gasteiger partial charge in [-0.05, 0) is 60.2 Å². The zero-order valence-electron chi connectivity index (χ0n) is 12.9. The molecule has 4 fully saturated rings. The van der Waals surface area contributed by atoms with Crippen LogP contribution in [0.1, 0.15) is 52.4 Å². The number of halogens is 2. The first-order chi connectivity index (χ1) is 9.95. The maximum atomic E-state index is 11.6. The smallest absolute Gasteiger partial charge is 0.322 e. The fraction of sp³-hybridized carbons (Fsp3) is 0.875. The van der Waals surface area contributed by atoms with Crippen LogP contribution in [0.2, 0.25) is 0 Å². The Kier molecular flexibility index (Phi) is 3.38. The van der Waals surface area contributed by atoms with E-state index in [1.807, 2.05) is 0 Å². The van der Waals surface area contributed by atoms with Gasteiger partial charge in [0.05, 0.1) is 0 Å². The lowest BCUT2D eigenvalue weighted by atomic mass is 9.35. The van der Waals surface area contributed by atoms with Crippen molar-refractivity contribution in [2.24, 2.45) is 21.7 Å². The van der Waals surface area contributed by atoms with Crippen LogP contribution >= 0.6 is 23.2 Å². The summed E-state index contributed by atoms with van der Waals surface area (Å²) in [6.45, 7) is 4.28. The number of carbonyl (C=O) groups is 2. The van der Waals surface area contributed by atoms with Crippen LogP contribution in [0.25, 0.3) is 0 Å². The molecule has 0 amide bonds. The molecule has 0 heterocycles. The highest BCUT2D eigenvalue weighted by molar-refractivity contribution is 6.31. The fourth-order valence-electron chi connectivity index (χ4n) is 6.94. The third-order valence-electron chi connectivity index (χ3n) is 6.18. The minimum atomic E-state index is -1.01. The number of hydrogen-bond acceptors (Lipinski definition) is 2. The molecule has 0 aliphatic heterocycles. The third-order valence-corrected chi connectivity index (χ3v) is 7.48. The van der Waals surface area contributed by atoms with Crippen molar-refractivity contribution in [3.8, 4) is 0 Å². The topological polar surface area (TPSA) is 74.6 Å². The van der Waals surface area contributed by atoms with Gasteiger partial charge >= 0.3 is 11.9 Å². The molecule has 4 nitrogen and oxygen atoms in total. The van der Waals surface area contributed by atoms with Crippen molar-refractivity contribution in [1.82, 2.24) is 0 Å². The maximum Gasteiger partial charge on any atom is 0.322 e. The second kappa shape index (κ2) is 4.54. The van der Waals surface area contributed by atoms with Gasteiger partial charge in [-0.15, -0.1) is 23.2 Å². The second-order valence-corrected chi connectivity index (χ2v) is 9.68.